The van der Waals surface area contributed by atoms with Gasteiger partial charge in [0, 0.05) is 0 Å². The zero-order valence-corrected chi connectivity index (χ0v) is 5.81. The van der Waals surface area contributed by atoms with Gasteiger partial charge in [-0.1, -0.05) is 0 Å². The summed E-state index contributed by atoms with van der Waals surface area (Å²) in [5.41, 5.74) is 2.01. The number of hydrogen-bond donors (Lipinski definition) is 1. The third-order valence-electron chi connectivity index (χ3n) is 1.13. The quantitative estimate of drug-likeness (QED) is 0.564. The smallest absolute Gasteiger partial charge is 0.0963 e. The molecule has 1 aliphatic heterocycles. The fourth-order valence-electron chi connectivity index (χ4n) is 0.586. The first-order chi connectivity index (χ1) is 4.25. The van der Waals surface area contributed by atoms with Crippen molar-refractivity contribution in [1.82, 2.24) is 0 Å². The Morgan fingerprint density at radius 2 is 2.56 bits per heavy atom. The summed E-state index contributed by atoms with van der Waals surface area (Å²) in [6.45, 7) is 1.57. The molecule has 9 heavy (non-hydrogen) atoms. The largest absolute Gasteiger partial charge is 0.391 e. The molecule has 1 N–H and O–H groups in total. The monoisotopic (exact) mass is 145 g/mol. The van der Waals surface area contributed by atoms with Crippen LogP contribution < -0.4 is 0 Å². The van der Waals surface area contributed by atoms with E-state index in [-0.39, 0.29) is 6.61 Å². The van der Waals surface area contributed by atoms with E-state index in [1.165, 1.54) is 5.55 Å². The van der Waals surface area contributed by atoms with E-state index in [0.29, 0.717) is 10.6 Å². The first-order valence-corrected chi connectivity index (χ1v) is 3.72. The van der Waals surface area contributed by atoms with Crippen molar-refractivity contribution in [3.8, 4) is 0 Å². The fourth-order valence-corrected chi connectivity index (χ4v) is 1.44. The molecule has 0 radical (unpaired) electrons. The Labute approximate surface area is 55.6 Å². The summed E-state index contributed by atoms with van der Waals surface area (Å²) in [5.74, 6) is 0. The highest BCUT2D eigenvalue weighted by Gasteiger charge is 2.12. The molecule has 1 aliphatic rings. The number of hydrogen-bond acceptors (Lipinski definition) is 3. The van der Waals surface area contributed by atoms with Crippen molar-refractivity contribution in [2.75, 3.05) is 6.61 Å². The van der Waals surface area contributed by atoms with Gasteiger partial charge in [-0.25, -0.2) is 4.21 Å². The van der Waals surface area contributed by atoms with E-state index in [1.54, 1.807) is 6.92 Å². The van der Waals surface area contributed by atoms with Crippen molar-refractivity contribution >= 4 is 16.3 Å². The van der Waals surface area contributed by atoms with Gasteiger partial charge in [0.25, 0.3) is 0 Å². The van der Waals surface area contributed by atoms with Crippen LogP contribution in [0, 0.1) is 0 Å². The second-order valence-corrected chi connectivity index (χ2v) is 3.00. The molecule has 50 valence electrons. The van der Waals surface area contributed by atoms with Crippen LogP contribution in [0.1, 0.15) is 6.92 Å². The summed E-state index contributed by atoms with van der Waals surface area (Å²) in [6.07, 6.45) is 0. The van der Waals surface area contributed by atoms with Crippen molar-refractivity contribution in [2.45, 2.75) is 6.92 Å². The SMILES string of the molecule is CC1=C(CO)S(=O)C=N1. The first-order valence-electron chi connectivity index (χ1n) is 2.51. The third-order valence-corrected chi connectivity index (χ3v) is 2.34. The van der Waals surface area contributed by atoms with E-state index in [0.717, 1.165) is 0 Å². The summed E-state index contributed by atoms with van der Waals surface area (Å²) < 4.78 is 10.8. The highest BCUT2D eigenvalue weighted by Crippen LogP contribution is 2.13. The van der Waals surface area contributed by atoms with Gasteiger partial charge in [-0.15, -0.1) is 0 Å². The van der Waals surface area contributed by atoms with Gasteiger partial charge in [-0.3, -0.25) is 4.99 Å². The molecule has 0 aromatic heterocycles. The summed E-state index contributed by atoms with van der Waals surface area (Å²) >= 11 is 0. The van der Waals surface area contributed by atoms with Crippen LogP contribution >= 0.6 is 0 Å². The average molecular weight is 145 g/mol. The lowest BCUT2D eigenvalue weighted by molar-refractivity contribution is 0.338. The number of rotatable bonds is 1. The lowest BCUT2D eigenvalue weighted by Gasteiger charge is -1.91. The summed E-state index contributed by atoms with van der Waals surface area (Å²) in [5, 5.41) is 8.58. The number of aliphatic hydroxyl groups excluding tert-OH is 1. The molecule has 0 aromatic rings. The molecule has 0 amide bonds. The van der Waals surface area contributed by atoms with Crippen LogP contribution in [0.4, 0.5) is 0 Å². The zero-order chi connectivity index (χ0) is 6.85. The van der Waals surface area contributed by atoms with Crippen molar-refractivity contribution in [3.63, 3.8) is 0 Å². The molecule has 4 heteroatoms. The Balaban J connectivity index is 2.92. The maximum Gasteiger partial charge on any atom is 0.0963 e. The predicted octanol–water partition coefficient (Wildman–Crippen LogP) is 0.000800. The predicted molar refractivity (Wildman–Crippen MR) is 36.4 cm³/mol. The van der Waals surface area contributed by atoms with Gasteiger partial charge < -0.3 is 5.11 Å². The molecule has 0 aromatic carbocycles. The van der Waals surface area contributed by atoms with Crippen molar-refractivity contribution in [1.29, 1.82) is 0 Å². The van der Waals surface area contributed by atoms with E-state index in [4.69, 9.17) is 5.11 Å². The molecule has 1 unspecified atom stereocenters. The molecule has 0 spiro atoms. The molecule has 0 saturated heterocycles. The van der Waals surface area contributed by atoms with E-state index in [1.807, 2.05) is 0 Å². The lowest BCUT2D eigenvalue weighted by atomic mass is 10.4. The second kappa shape index (κ2) is 2.41. The van der Waals surface area contributed by atoms with Crippen LogP contribution in [-0.2, 0) is 10.8 Å². The molecule has 0 bridgehead atoms. The molecule has 0 aliphatic carbocycles. The maximum absolute atomic E-state index is 10.8. The van der Waals surface area contributed by atoms with Gasteiger partial charge in [-0.2, -0.15) is 0 Å². The molecule has 1 heterocycles. The van der Waals surface area contributed by atoms with Crippen molar-refractivity contribution < 1.29 is 9.32 Å². The van der Waals surface area contributed by atoms with E-state index in [2.05, 4.69) is 4.99 Å². The summed E-state index contributed by atoms with van der Waals surface area (Å²) in [4.78, 5) is 4.29. The Kier molecular flexibility index (Phi) is 1.78. The van der Waals surface area contributed by atoms with E-state index < -0.39 is 10.8 Å². The van der Waals surface area contributed by atoms with Gasteiger partial charge >= 0.3 is 0 Å². The number of allylic oxidation sites excluding steroid dienone is 1. The van der Waals surface area contributed by atoms with Crippen LogP contribution in [0.2, 0.25) is 0 Å². The van der Waals surface area contributed by atoms with Crippen molar-refractivity contribution in [2.24, 2.45) is 4.99 Å². The Bertz CT molecular complexity index is 207. The number of aliphatic imine (C=N–C) groups is 1. The summed E-state index contributed by atoms with van der Waals surface area (Å²) in [7, 11) is -1.15. The standard InChI is InChI=1S/C5H7NO2S/c1-4-5(2-7)9(8)3-6-4/h3,7H,2H2,1H3. The fraction of sp³-hybridized carbons (Fsp3) is 0.400. The first kappa shape index (κ1) is 6.64. The van der Waals surface area contributed by atoms with Gasteiger partial charge in [0.2, 0.25) is 0 Å². The number of aliphatic hydroxyl groups is 1. The minimum absolute atomic E-state index is 0.154. The minimum atomic E-state index is -1.15. The van der Waals surface area contributed by atoms with Crippen LogP contribution in [0.3, 0.4) is 0 Å². The molecular formula is C5H7NO2S. The third kappa shape index (κ3) is 1.09. The molecule has 0 saturated carbocycles. The molecule has 0 fully saturated rings. The molecule has 1 atom stereocenters. The lowest BCUT2D eigenvalue weighted by Crippen LogP contribution is -1.96. The van der Waals surface area contributed by atoms with Crippen LogP contribution in [0.5, 0.6) is 0 Å². The summed E-state index contributed by atoms with van der Waals surface area (Å²) in [6, 6.07) is 0. The number of nitrogens with zero attached hydrogens (tertiary/aromatic N) is 1. The normalized spacial score (nSPS) is 25.8. The highest BCUT2D eigenvalue weighted by molar-refractivity contribution is 8.02. The van der Waals surface area contributed by atoms with E-state index in [9.17, 15) is 4.21 Å². The minimum Gasteiger partial charge on any atom is -0.391 e. The van der Waals surface area contributed by atoms with Crippen molar-refractivity contribution in [3.05, 3.63) is 10.6 Å². The van der Waals surface area contributed by atoms with Gasteiger partial charge in [0.15, 0.2) is 0 Å². The van der Waals surface area contributed by atoms with Crippen LogP contribution in [0.15, 0.2) is 15.6 Å². The van der Waals surface area contributed by atoms with Gasteiger partial charge in [-0.05, 0) is 6.92 Å². The Hall–Kier alpha value is -0.480. The Morgan fingerprint density at radius 1 is 1.89 bits per heavy atom. The molecular weight excluding hydrogens is 138 g/mol. The van der Waals surface area contributed by atoms with E-state index >= 15 is 0 Å². The average Bonchev–Trinajstić information content (AvgIpc) is 2.12. The second-order valence-electron chi connectivity index (χ2n) is 1.70. The van der Waals surface area contributed by atoms with Crippen LogP contribution in [0.25, 0.3) is 0 Å². The van der Waals surface area contributed by atoms with Crippen LogP contribution in [-0.4, -0.2) is 21.5 Å². The zero-order valence-electron chi connectivity index (χ0n) is 5.00. The highest BCUT2D eigenvalue weighted by atomic mass is 32.2. The molecule has 1 rings (SSSR count). The topological polar surface area (TPSA) is 49.7 Å². The van der Waals surface area contributed by atoms with Gasteiger partial charge in [0.1, 0.15) is 0 Å². The maximum atomic E-state index is 10.8. The van der Waals surface area contributed by atoms with Gasteiger partial charge in [0.05, 0.1) is 33.6 Å². The Morgan fingerprint density at radius 3 is 2.78 bits per heavy atom. The molecule has 3 nitrogen and oxygen atoms in total.